The van der Waals surface area contributed by atoms with E-state index in [2.05, 4.69) is 25.5 Å². The highest BCUT2D eigenvalue weighted by Crippen LogP contribution is 2.42. The van der Waals surface area contributed by atoms with E-state index >= 15 is 0 Å². The molecule has 1 atom stereocenters. The van der Waals surface area contributed by atoms with Crippen molar-refractivity contribution in [3.63, 3.8) is 0 Å². The van der Waals surface area contributed by atoms with Crippen molar-refractivity contribution in [2.75, 3.05) is 5.32 Å². The molecule has 3 heterocycles. The fraction of sp³-hybridized carbons (Fsp3) is 0.133. The molecule has 2 aromatic heterocycles. The van der Waals surface area contributed by atoms with E-state index in [1.54, 1.807) is 12.1 Å². The van der Waals surface area contributed by atoms with Crippen LogP contribution in [0, 0.1) is 6.92 Å². The topological polar surface area (TPSA) is 106 Å². The molecule has 1 aliphatic rings. The molecule has 0 bridgehead atoms. The normalized spacial score (nSPS) is 15.7. The number of H-pyrrole nitrogens is 3. The van der Waals surface area contributed by atoms with E-state index < -0.39 is 11.2 Å². The van der Waals surface area contributed by atoms with Crippen molar-refractivity contribution >= 4 is 23.2 Å². The Hall–Kier alpha value is -2.80. The monoisotopic (exact) mass is 329 g/mol. The summed E-state index contributed by atoms with van der Waals surface area (Å²) in [5.41, 5.74) is 2.07. The van der Waals surface area contributed by atoms with E-state index in [1.165, 1.54) is 0 Å². The van der Waals surface area contributed by atoms with Gasteiger partial charge >= 0.3 is 5.69 Å². The molecule has 7 nitrogen and oxygen atoms in total. The minimum atomic E-state index is -0.563. The molecule has 0 saturated heterocycles. The van der Waals surface area contributed by atoms with Gasteiger partial charge < -0.3 is 5.32 Å². The number of nitrogens with one attached hydrogen (secondary N) is 4. The first-order chi connectivity index (χ1) is 11.0. The Balaban J connectivity index is 2.04. The zero-order valence-electron chi connectivity index (χ0n) is 12.0. The number of hydrogen-bond donors (Lipinski definition) is 4. The lowest BCUT2D eigenvalue weighted by atomic mass is 9.83. The lowest BCUT2D eigenvalue weighted by Crippen LogP contribution is -2.31. The lowest BCUT2D eigenvalue weighted by Gasteiger charge is -2.25. The highest BCUT2D eigenvalue weighted by molar-refractivity contribution is 6.30. The Morgan fingerprint density at radius 2 is 1.83 bits per heavy atom. The summed E-state index contributed by atoms with van der Waals surface area (Å²) >= 11 is 5.97. The van der Waals surface area contributed by atoms with Gasteiger partial charge in [0.2, 0.25) is 0 Å². The maximum atomic E-state index is 12.4. The van der Waals surface area contributed by atoms with Gasteiger partial charge in [0.05, 0.1) is 5.56 Å². The van der Waals surface area contributed by atoms with Crippen LogP contribution in [0.25, 0.3) is 0 Å². The molecule has 0 spiro atoms. The summed E-state index contributed by atoms with van der Waals surface area (Å²) in [4.78, 5) is 28.9. The van der Waals surface area contributed by atoms with Gasteiger partial charge in [-0.05, 0) is 24.6 Å². The summed E-state index contributed by atoms with van der Waals surface area (Å²) in [5, 5.41) is 10.8. The van der Waals surface area contributed by atoms with Crippen LogP contribution in [-0.4, -0.2) is 20.2 Å². The highest BCUT2D eigenvalue weighted by Gasteiger charge is 2.33. The molecule has 4 rings (SSSR count). The van der Waals surface area contributed by atoms with Gasteiger partial charge in [-0.15, -0.1) is 0 Å². The van der Waals surface area contributed by atoms with Crippen molar-refractivity contribution in [1.29, 1.82) is 0 Å². The minimum Gasteiger partial charge on any atom is -0.324 e. The van der Waals surface area contributed by atoms with Gasteiger partial charge in [-0.25, -0.2) is 4.79 Å². The number of anilines is 2. The SMILES string of the molecule is Cc1[nH]nc2c1[C@@H](c1ccc(Cl)cc1)c1c([nH]c(=O)[nH]c1=O)N2. The number of hydrogen-bond acceptors (Lipinski definition) is 4. The molecule has 4 N–H and O–H groups in total. The zero-order valence-corrected chi connectivity index (χ0v) is 12.8. The fourth-order valence-electron chi connectivity index (χ4n) is 3.01. The standard InChI is InChI=1S/C15H12ClN5O2/c1-6-9-10(7-2-4-8(16)5-3-7)11-12(17-13(9)21-20-6)18-15(23)19-14(11)22/h2-5,10H,1H3,(H4,17,18,19,20,21,22,23)/t10-/m1/s1. The van der Waals surface area contributed by atoms with Gasteiger partial charge in [-0.2, -0.15) is 5.10 Å². The quantitative estimate of drug-likeness (QED) is 0.428. The molecule has 116 valence electrons. The van der Waals surface area contributed by atoms with E-state index in [4.69, 9.17) is 11.6 Å². The van der Waals surface area contributed by atoms with Crippen molar-refractivity contribution in [2.45, 2.75) is 12.8 Å². The average Bonchev–Trinajstić information content (AvgIpc) is 2.87. The number of aryl methyl sites for hydroxylation is 1. The van der Waals surface area contributed by atoms with Crippen LogP contribution in [0.3, 0.4) is 0 Å². The Bertz CT molecular complexity index is 1020. The third-order valence-electron chi connectivity index (χ3n) is 4.00. The maximum Gasteiger partial charge on any atom is 0.327 e. The number of benzene rings is 1. The maximum absolute atomic E-state index is 12.4. The summed E-state index contributed by atoms with van der Waals surface area (Å²) in [6, 6.07) is 7.27. The Kier molecular flexibility index (Phi) is 2.92. The molecular weight excluding hydrogens is 318 g/mol. The number of halogens is 1. The second-order valence-corrected chi connectivity index (χ2v) is 5.85. The summed E-state index contributed by atoms with van der Waals surface area (Å²) in [5.74, 6) is 0.603. The van der Waals surface area contributed by atoms with Crippen LogP contribution in [0.5, 0.6) is 0 Å². The van der Waals surface area contributed by atoms with Crippen LogP contribution in [0.15, 0.2) is 33.9 Å². The summed E-state index contributed by atoms with van der Waals surface area (Å²) in [6.07, 6.45) is 0. The first kappa shape index (κ1) is 13.8. The van der Waals surface area contributed by atoms with E-state index in [-0.39, 0.29) is 5.92 Å². The molecule has 0 aliphatic carbocycles. The second-order valence-electron chi connectivity index (χ2n) is 5.42. The van der Waals surface area contributed by atoms with Crippen LogP contribution < -0.4 is 16.6 Å². The number of fused-ring (bicyclic) bond motifs is 2. The van der Waals surface area contributed by atoms with Crippen LogP contribution >= 0.6 is 11.6 Å². The number of rotatable bonds is 1. The van der Waals surface area contributed by atoms with Gasteiger partial charge in [-0.1, -0.05) is 23.7 Å². The lowest BCUT2D eigenvalue weighted by molar-refractivity contribution is 0.881. The average molecular weight is 330 g/mol. The summed E-state index contributed by atoms with van der Waals surface area (Å²) < 4.78 is 0. The smallest absolute Gasteiger partial charge is 0.324 e. The first-order valence-electron chi connectivity index (χ1n) is 6.98. The summed E-state index contributed by atoms with van der Waals surface area (Å²) in [6.45, 7) is 1.89. The molecule has 23 heavy (non-hydrogen) atoms. The van der Waals surface area contributed by atoms with Crippen molar-refractivity contribution in [1.82, 2.24) is 20.2 Å². The number of aromatic amines is 3. The second kappa shape index (κ2) is 4.85. The molecule has 0 amide bonds. The van der Waals surface area contributed by atoms with Crippen LogP contribution in [0.4, 0.5) is 11.6 Å². The molecule has 0 fully saturated rings. The third-order valence-corrected chi connectivity index (χ3v) is 4.25. The van der Waals surface area contributed by atoms with Crippen molar-refractivity contribution in [2.24, 2.45) is 0 Å². The Morgan fingerprint density at radius 1 is 1.09 bits per heavy atom. The fourth-order valence-corrected chi connectivity index (χ4v) is 3.13. The molecular formula is C15H12ClN5O2. The first-order valence-corrected chi connectivity index (χ1v) is 7.36. The van der Waals surface area contributed by atoms with Crippen molar-refractivity contribution < 1.29 is 0 Å². The summed E-state index contributed by atoms with van der Waals surface area (Å²) in [7, 11) is 0. The van der Waals surface area contributed by atoms with Crippen molar-refractivity contribution in [3.8, 4) is 0 Å². The molecule has 1 aromatic carbocycles. The molecule has 0 saturated carbocycles. The van der Waals surface area contributed by atoms with E-state index in [0.717, 1.165) is 16.8 Å². The zero-order chi connectivity index (χ0) is 16.1. The third kappa shape index (κ3) is 2.08. The molecule has 1 aliphatic heterocycles. The molecule has 8 heteroatoms. The van der Waals surface area contributed by atoms with E-state index in [1.807, 2.05) is 19.1 Å². The van der Waals surface area contributed by atoms with Crippen LogP contribution in [0.1, 0.15) is 28.3 Å². The van der Waals surface area contributed by atoms with Gasteiger partial charge in [-0.3, -0.25) is 19.9 Å². The number of aromatic nitrogens is 4. The van der Waals surface area contributed by atoms with Crippen LogP contribution in [-0.2, 0) is 0 Å². The number of nitrogens with zero attached hydrogens (tertiary/aromatic N) is 1. The molecule has 0 unspecified atom stereocenters. The van der Waals surface area contributed by atoms with E-state index in [0.29, 0.717) is 22.2 Å². The Labute approximate surface area is 134 Å². The Morgan fingerprint density at radius 3 is 2.57 bits per heavy atom. The molecule has 0 radical (unpaired) electrons. The minimum absolute atomic E-state index is 0.349. The largest absolute Gasteiger partial charge is 0.327 e. The van der Waals surface area contributed by atoms with E-state index in [9.17, 15) is 9.59 Å². The van der Waals surface area contributed by atoms with Gasteiger partial charge in [0.15, 0.2) is 5.82 Å². The van der Waals surface area contributed by atoms with Crippen molar-refractivity contribution in [3.05, 3.63) is 72.5 Å². The van der Waals surface area contributed by atoms with Gasteiger partial charge in [0.1, 0.15) is 5.82 Å². The van der Waals surface area contributed by atoms with Gasteiger partial charge in [0, 0.05) is 22.2 Å². The highest BCUT2D eigenvalue weighted by atomic mass is 35.5. The predicted octanol–water partition coefficient (Wildman–Crippen LogP) is 1.99. The predicted molar refractivity (Wildman–Crippen MR) is 86.7 cm³/mol. The molecule has 3 aromatic rings. The van der Waals surface area contributed by atoms with Gasteiger partial charge in [0.25, 0.3) is 5.56 Å². The van der Waals surface area contributed by atoms with Crippen LogP contribution in [0.2, 0.25) is 5.02 Å².